The second-order valence-electron chi connectivity index (χ2n) is 7.00. The van der Waals surface area contributed by atoms with Crippen LogP contribution >= 0.6 is 0 Å². The molecule has 2 aromatic heterocycles. The van der Waals surface area contributed by atoms with Gasteiger partial charge in [0.1, 0.15) is 10.7 Å². The van der Waals surface area contributed by atoms with Crippen LogP contribution in [0.3, 0.4) is 0 Å². The van der Waals surface area contributed by atoms with E-state index in [9.17, 15) is 12.8 Å². The lowest BCUT2D eigenvalue weighted by molar-refractivity contribution is 0.370. The van der Waals surface area contributed by atoms with Gasteiger partial charge in [-0.1, -0.05) is 6.08 Å². The minimum absolute atomic E-state index is 0.148. The topological polar surface area (TPSA) is 60.1 Å². The molecule has 142 valence electrons. The molecule has 0 radical (unpaired) electrons. The number of likely N-dealkylation sites (N-methyl/N-ethyl adjacent to an activating group) is 1. The number of hydrogen-bond acceptors (Lipinski definition) is 4. The highest BCUT2D eigenvalue weighted by molar-refractivity contribution is 7.90. The van der Waals surface area contributed by atoms with Crippen LogP contribution in [0.2, 0.25) is 0 Å². The Morgan fingerprint density at radius 3 is 2.59 bits per heavy atom. The van der Waals surface area contributed by atoms with Gasteiger partial charge in [-0.3, -0.25) is 4.68 Å². The first kappa shape index (κ1) is 17.9. The zero-order chi connectivity index (χ0) is 19.3. The molecule has 0 unspecified atom stereocenters. The largest absolute Gasteiger partial charge is 0.302 e. The van der Waals surface area contributed by atoms with Crippen molar-refractivity contribution in [3.05, 3.63) is 53.7 Å². The summed E-state index contributed by atoms with van der Waals surface area (Å²) in [6.07, 6.45) is 5.98. The molecule has 0 bridgehead atoms. The van der Waals surface area contributed by atoms with Crippen molar-refractivity contribution in [3.8, 4) is 0 Å². The van der Waals surface area contributed by atoms with Gasteiger partial charge in [0.2, 0.25) is 0 Å². The Hall–Kier alpha value is -2.45. The molecule has 0 atom stereocenters. The van der Waals surface area contributed by atoms with E-state index in [0.29, 0.717) is 16.6 Å². The molecule has 4 rings (SSSR count). The Morgan fingerprint density at radius 1 is 1.19 bits per heavy atom. The van der Waals surface area contributed by atoms with Crippen molar-refractivity contribution >= 4 is 26.5 Å². The van der Waals surface area contributed by atoms with Crippen molar-refractivity contribution in [2.45, 2.75) is 18.2 Å². The fourth-order valence-corrected chi connectivity index (χ4v) is 5.15. The number of benzene rings is 1. The molecule has 0 saturated heterocycles. The van der Waals surface area contributed by atoms with Gasteiger partial charge in [0.15, 0.2) is 0 Å². The van der Waals surface area contributed by atoms with Gasteiger partial charge in [-0.05, 0) is 44.2 Å². The summed E-state index contributed by atoms with van der Waals surface area (Å²) in [6.45, 7) is 3.33. The van der Waals surface area contributed by atoms with Gasteiger partial charge < -0.3 is 4.90 Å². The summed E-state index contributed by atoms with van der Waals surface area (Å²) in [6, 6.07) is 4.22. The van der Waals surface area contributed by atoms with E-state index in [1.54, 1.807) is 20.2 Å². The van der Waals surface area contributed by atoms with Gasteiger partial charge in [-0.15, -0.1) is 0 Å². The predicted molar refractivity (Wildman–Crippen MR) is 103 cm³/mol. The number of nitrogens with zero attached hydrogens (tertiary/aromatic N) is 4. The van der Waals surface area contributed by atoms with Crippen LogP contribution in [0.15, 0.2) is 41.6 Å². The molecular formula is C19H21FN4O2S. The summed E-state index contributed by atoms with van der Waals surface area (Å²) in [4.78, 5) is 2.33. The van der Waals surface area contributed by atoms with Crippen molar-refractivity contribution in [1.29, 1.82) is 0 Å². The number of aromatic nitrogens is 3. The van der Waals surface area contributed by atoms with E-state index in [1.807, 2.05) is 7.05 Å². The summed E-state index contributed by atoms with van der Waals surface area (Å²) in [7, 11) is -0.126. The molecule has 6 nitrogen and oxygen atoms in total. The molecule has 0 spiro atoms. The van der Waals surface area contributed by atoms with E-state index < -0.39 is 10.0 Å². The number of hydrogen-bond donors (Lipinski definition) is 0. The summed E-state index contributed by atoms with van der Waals surface area (Å²) in [5, 5.41) is 4.76. The Balaban J connectivity index is 1.96. The SMILES string of the molecule is Cc1nn(C)cc1S(=O)(=O)n1cc(C2=CCN(C)CC2)c2cc(F)ccc21. The van der Waals surface area contributed by atoms with Crippen LogP contribution in [0, 0.1) is 12.7 Å². The third-order valence-corrected chi connectivity index (χ3v) is 6.77. The quantitative estimate of drug-likeness (QED) is 0.692. The van der Waals surface area contributed by atoms with Crippen LogP contribution in [0.25, 0.3) is 16.5 Å². The van der Waals surface area contributed by atoms with Crippen molar-refractivity contribution in [1.82, 2.24) is 18.7 Å². The highest BCUT2D eigenvalue weighted by atomic mass is 32.2. The van der Waals surface area contributed by atoms with Crippen molar-refractivity contribution in [2.24, 2.45) is 7.05 Å². The van der Waals surface area contributed by atoms with E-state index in [0.717, 1.165) is 30.6 Å². The van der Waals surface area contributed by atoms with Crippen molar-refractivity contribution < 1.29 is 12.8 Å². The maximum atomic E-state index is 13.9. The Kier molecular flexibility index (Phi) is 4.20. The Bertz CT molecular complexity index is 1170. The lowest BCUT2D eigenvalue weighted by atomic mass is 9.99. The summed E-state index contributed by atoms with van der Waals surface area (Å²) in [5.41, 5.74) is 2.71. The monoisotopic (exact) mass is 388 g/mol. The van der Waals surface area contributed by atoms with E-state index in [-0.39, 0.29) is 10.7 Å². The van der Waals surface area contributed by atoms with Crippen molar-refractivity contribution in [3.63, 3.8) is 0 Å². The first-order chi connectivity index (χ1) is 12.8. The number of rotatable bonds is 3. The fraction of sp³-hybridized carbons (Fsp3) is 0.316. The molecule has 0 N–H and O–H groups in total. The predicted octanol–water partition coefficient (Wildman–Crippen LogP) is 2.78. The molecule has 8 heteroatoms. The first-order valence-corrected chi connectivity index (χ1v) is 10.2. The minimum Gasteiger partial charge on any atom is -0.302 e. The van der Waals surface area contributed by atoms with E-state index in [2.05, 4.69) is 16.1 Å². The molecule has 1 aromatic carbocycles. The molecule has 3 heterocycles. The van der Waals surface area contributed by atoms with Crippen LogP contribution in [0.5, 0.6) is 0 Å². The zero-order valence-electron chi connectivity index (χ0n) is 15.5. The van der Waals surface area contributed by atoms with Crippen LogP contribution in [-0.2, 0) is 17.1 Å². The van der Waals surface area contributed by atoms with E-state index >= 15 is 0 Å². The molecule has 0 amide bonds. The smallest absolute Gasteiger partial charge is 0.271 e. The normalized spacial score (nSPS) is 16.1. The van der Waals surface area contributed by atoms with Gasteiger partial charge in [0.05, 0.1) is 11.2 Å². The van der Waals surface area contributed by atoms with Crippen LogP contribution in [0.4, 0.5) is 4.39 Å². The summed E-state index contributed by atoms with van der Waals surface area (Å²) < 4.78 is 43.3. The number of aryl methyl sites for hydroxylation is 2. The van der Waals surface area contributed by atoms with Gasteiger partial charge >= 0.3 is 0 Å². The lowest BCUT2D eigenvalue weighted by Gasteiger charge is -2.21. The fourth-order valence-electron chi connectivity index (χ4n) is 3.58. The van der Waals surface area contributed by atoms with Gasteiger partial charge in [0.25, 0.3) is 10.0 Å². The van der Waals surface area contributed by atoms with Gasteiger partial charge in [0, 0.05) is 43.5 Å². The Morgan fingerprint density at radius 2 is 1.96 bits per heavy atom. The van der Waals surface area contributed by atoms with Crippen LogP contribution in [-0.4, -0.2) is 47.2 Å². The third-order valence-electron chi connectivity index (χ3n) is 5.00. The van der Waals surface area contributed by atoms with Crippen LogP contribution < -0.4 is 0 Å². The molecule has 1 aliphatic heterocycles. The molecule has 27 heavy (non-hydrogen) atoms. The third kappa shape index (κ3) is 2.98. The average Bonchev–Trinajstić information content (AvgIpc) is 3.16. The highest BCUT2D eigenvalue weighted by Gasteiger charge is 2.26. The molecule has 0 saturated carbocycles. The van der Waals surface area contributed by atoms with Gasteiger partial charge in [-0.2, -0.15) is 5.10 Å². The molecule has 1 aliphatic rings. The first-order valence-electron chi connectivity index (χ1n) is 8.72. The minimum atomic E-state index is -3.84. The maximum absolute atomic E-state index is 13.9. The Labute approximate surface area is 157 Å². The summed E-state index contributed by atoms with van der Waals surface area (Å²) in [5.74, 6) is -0.384. The molecule has 3 aromatic rings. The van der Waals surface area contributed by atoms with E-state index in [1.165, 1.54) is 33.1 Å². The standard InChI is InChI=1S/C19H21FN4O2S/c1-13-19(12-23(3)21-13)27(25,26)24-11-17(14-6-8-22(2)9-7-14)16-10-15(20)4-5-18(16)24/h4-6,10-12H,7-9H2,1-3H3. The van der Waals surface area contributed by atoms with Gasteiger partial charge in [-0.25, -0.2) is 16.8 Å². The van der Waals surface area contributed by atoms with Crippen LogP contribution in [0.1, 0.15) is 17.7 Å². The summed E-state index contributed by atoms with van der Waals surface area (Å²) >= 11 is 0. The zero-order valence-corrected chi connectivity index (χ0v) is 16.3. The molecule has 0 aliphatic carbocycles. The number of fused-ring (bicyclic) bond motifs is 1. The maximum Gasteiger partial charge on any atom is 0.271 e. The second kappa shape index (κ2) is 6.31. The highest BCUT2D eigenvalue weighted by Crippen LogP contribution is 2.33. The lowest BCUT2D eigenvalue weighted by Crippen LogP contribution is -2.23. The van der Waals surface area contributed by atoms with E-state index in [4.69, 9.17) is 0 Å². The average molecular weight is 388 g/mol. The second-order valence-corrected chi connectivity index (χ2v) is 8.78. The number of halogens is 1. The molecular weight excluding hydrogens is 367 g/mol. The van der Waals surface area contributed by atoms with Crippen molar-refractivity contribution in [2.75, 3.05) is 20.1 Å². The molecule has 0 fully saturated rings.